The minimum absolute atomic E-state index is 0.612. The zero-order chi connectivity index (χ0) is 7.40. The van der Waals surface area contributed by atoms with Crippen LogP contribution in [0.15, 0.2) is 10.3 Å². The zero-order valence-electron chi connectivity index (χ0n) is 6.24. The topological polar surface area (TPSA) is 37.2 Å². The lowest BCUT2D eigenvalue weighted by Gasteiger charge is -2.01. The Morgan fingerprint density at radius 2 is 2.70 bits per heavy atom. The lowest BCUT2D eigenvalue weighted by atomic mass is 10.4. The van der Waals surface area contributed by atoms with Crippen LogP contribution in [-0.2, 0) is 4.84 Å². The Labute approximate surface area is 60.1 Å². The van der Waals surface area contributed by atoms with E-state index in [1.165, 1.54) is 0 Å². The summed E-state index contributed by atoms with van der Waals surface area (Å²) in [6.45, 7) is 3.26. The summed E-state index contributed by atoms with van der Waals surface area (Å²) in [5, 5.41) is 9.59. The normalized spacial score (nSPS) is 20.6. The van der Waals surface area contributed by atoms with Gasteiger partial charge in [-0.25, -0.2) is 0 Å². The fourth-order valence-electron chi connectivity index (χ4n) is 0.681. The Morgan fingerprint density at radius 1 is 1.90 bits per heavy atom. The Bertz CT molecular complexity index is 164. The van der Waals surface area contributed by atoms with Gasteiger partial charge in [0, 0.05) is 7.05 Å². The van der Waals surface area contributed by atoms with Crippen LogP contribution in [0.25, 0.3) is 0 Å². The van der Waals surface area contributed by atoms with Gasteiger partial charge in [0.1, 0.15) is 12.3 Å². The maximum absolute atomic E-state index is 4.84. The van der Waals surface area contributed by atoms with E-state index in [1.807, 2.05) is 14.0 Å². The molecule has 0 radical (unpaired) electrons. The molecule has 0 aromatic carbocycles. The summed E-state index contributed by atoms with van der Waals surface area (Å²) in [5.74, 6) is 0. The van der Waals surface area contributed by atoms with Crippen LogP contribution in [0.4, 0.5) is 0 Å². The average molecular weight is 141 g/mol. The summed E-state index contributed by atoms with van der Waals surface area (Å²) in [7, 11) is 1.89. The van der Waals surface area contributed by atoms with Crippen LogP contribution in [-0.4, -0.2) is 37.1 Å². The molecular weight excluding hydrogens is 130 g/mol. The van der Waals surface area contributed by atoms with Crippen molar-refractivity contribution >= 4 is 11.9 Å². The van der Waals surface area contributed by atoms with Crippen LogP contribution >= 0.6 is 0 Å². The van der Waals surface area contributed by atoms with Crippen LogP contribution in [0.2, 0.25) is 0 Å². The molecule has 0 saturated carbocycles. The highest BCUT2D eigenvalue weighted by molar-refractivity contribution is 6.32. The van der Waals surface area contributed by atoms with E-state index in [4.69, 9.17) is 4.84 Å². The van der Waals surface area contributed by atoms with E-state index in [0.717, 1.165) is 12.3 Å². The molecule has 4 heteroatoms. The van der Waals surface area contributed by atoms with Crippen LogP contribution in [0.3, 0.4) is 0 Å². The van der Waals surface area contributed by atoms with Crippen molar-refractivity contribution in [3.05, 3.63) is 0 Å². The molecule has 0 bridgehead atoms. The molecule has 0 fully saturated rings. The summed E-state index contributed by atoms with van der Waals surface area (Å²) in [6, 6.07) is 0. The summed E-state index contributed by atoms with van der Waals surface area (Å²) >= 11 is 0. The average Bonchev–Trinajstić information content (AvgIpc) is 2.31. The highest BCUT2D eigenvalue weighted by atomic mass is 16.6. The van der Waals surface area contributed by atoms with Gasteiger partial charge in [-0.2, -0.15) is 5.10 Å². The van der Waals surface area contributed by atoms with Gasteiger partial charge in [-0.15, -0.1) is 0 Å². The Kier molecular flexibility index (Phi) is 2.25. The van der Waals surface area contributed by atoms with Crippen LogP contribution in [0, 0.1) is 0 Å². The second kappa shape index (κ2) is 3.20. The number of oxime groups is 1. The highest BCUT2D eigenvalue weighted by Crippen LogP contribution is 1.93. The number of hydrogen-bond donors (Lipinski definition) is 0. The van der Waals surface area contributed by atoms with Gasteiger partial charge >= 0.3 is 0 Å². The van der Waals surface area contributed by atoms with E-state index in [2.05, 4.69) is 10.3 Å². The Hall–Kier alpha value is -1.06. The van der Waals surface area contributed by atoms with Crippen molar-refractivity contribution in [2.45, 2.75) is 6.92 Å². The molecule has 4 nitrogen and oxygen atoms in total. The summed E-state index contributed by atoms with van der Waals surface area (Å²) in [6.07, 6.45) is 1.70. The van der Waals surface area contributed by atoms with Gasteiger partial charge in [0.2, 0.25) is 0 Å². The van der Waals surface area contributed by atoms with Crippen molar-refractivity contribution in [3.8, 4) is 0 Å². The second-order valence-corrected chi connectivity index (χ2v) is 2.06. The first-order valence-corrected chi connectivity index (χ1v) is 3.27. The van der Waals surface area contributed by atoms with E-state index in [1.54, 1.807) is 11.2 Å². The van der Waals surface area contributed by atoms with E-state index in [9.17, 15) is 0 Å². The van der Waals surface area contributed by atoms with Gasteiger partial charge in [-0.1, -0.05) is 5.16 Å². The van der Waals surface area contributed by atoms with Crippen molar-refractivity contribution in [3.63, 3.8) is 0 Å². The van der Waals surface area contributed by atoms with Crippen molar-refractivity contribution in [2.24, 2.45) is 10.3 Å². The lowest BCUT2D eigenvalue weighted by molar-refractivity contribution is 0.158. The molecule has 1 aliphatic rings. The first kappa shape index (κ1) is 7.05. The van der Waals surface area contributed by atoms with E-state index in [-0.39, 0.29) is 0 Å². The molecule has 1 aliphatic heterocycles. The summed E-state index contributed by atoms with van der Waals surface area (Å²) in [5.41, 5.74) is 0.879. The Morgan fingerprint density at radius 3 is 3.20 bits per heavy atom. The predicted molar refractivity (Wildman–Crippen MR) is 40.2 cm³/mol. The van der Waals surface area contributed by atoms with Gasteiger partial charge in [0.15, 0.2) is 0 Å². The monoisotopic (exact) mass is 141 g/mol. The van der Waals surface area contributed by atoms with Crippen LogP contribution in [0.1, 0.15) is 6.92 Å². The molecule has 0 N–H and O–H groups in total. The fraction of sp³-hybridized carbons (Fsp3) is 0.667. The molecule has 0 atom stereocenters. The molecule has 0 spiro atoms. The summed E-state index contributed by atoms with van der Waals surface area (Å²) < 4.78 is 0. The predicted octanol–water partition coefficient (Wildman–Crippen LogP) is 0.310. The maximum Gasteiger partial charge on any atom is 0.121 e. The first-order valence-electron chi connectivity index (χ1n) is 3.27. The molecule has 56 valence electrons. The zero-order valence-corrected chi connectivity index (χ0v) is 6.24. The molecule has 0 saturated heterocycles. The standard InChI is InChI=1S/C6H11N3O/c1-3-10-8-6-4-7-9(2)5-6/h4H,3,5H2,1-2H3. The Balaban J connectivity index is 2.38. The third-order valence-electron chi connectivity index (χ3n) is 1.11. The van der Waals surface area contributed by atoms with Gasteiger partial charge in [0.05, 0.1) is 12.8 Å². The van der Waals surface area contributed by atoms with Crippen molar-refractivity contribution in [1.82, 2.24) is 5.01 Å². The SMILES string of the molecule is CCON=C1C=NN(C)C1. The number of nitrogens with zero attached hydrogens (tertiary/aromatic N) is 3. The summed E-state index contributed by atoms with van der Waals surface area (Å²) in [4.78, 5) is 4.84. The van der Waals surface area contributed by atoms with Gasteiger partial charge in [-0.05, 0) is 6.92 Å². The van der Waals surface area contributed by atoms with Gasteiger partial charge in [-0.3, -0.25) is 5.01 Å². The van der Waals surface area contributed by atoms with Crippen molar-refractivity contribution in [2.75, 3.05) is 20.2 Å². The number of hydrazone groups is 1. The number of hydrogen-bond acceptors (Lipinski definition) is 4. The second-order valence-electron chi connectivity index (χ2n) is 2.06. The fourth-order valence-corrected chi connectivity index (χ4v) is 0.681. The molecule has 0 aromatic rings. The molecule has 0 aliphatic carbocycles. The van der Waals surface area contributed by atoms with Crippen LogP contribution < -0.4 is 0 Å². The minimum Gasteiger partial charge on any atom is -0.396 e. The third kappa shape index (κ3) is 1.72. The quantitative estimate of drug-likeness (QED) is 0.519. The molecule has 1 rings (SSSR count). The smallest absolute Gasteiger partial charge is 0.121 e. The van der Waals surface area contributed by atoms with E-state index in [0.29, 0.717) is 6.61 Å². The lowest BCUT2D eigenvalue weighted by Crippen LogP contribution is -2.13. The van der Waals surface area contributed by atoms with E-state index >= 15 is 0 Å². The maximum atomic E-state index is 4.84. The third-order valence-corrected chi connectivity index (χ3v) is 1.11. The van der Waals surface area contributed by atoms with Crippen LogP contribution in [0.5, 0.6) is 0 Å². The molecule has 1 heterocycles. The molecule has 0 amide bonds. The van der Waals surface area contributed by atoms with Crippen molar-refractivity contribution < 1.29 is 4.84 Å². The molecule has 10 heavy (non-hydrogen) atoms. The molecule has 0 aromatic heterocycles. The molecule has 0 unspecified atom stereocenters. The highest BCUT2D eigenvalue weighted by Gasteiger charge is 2.06. The van der Waals surface area contributed by atoms with Gasteiger partial charge in [0.25, 0.3) is 0 Å². The molecular formula is C6H11N3O. The van der Waals surface area contributed by atoms with Crippen molar-refractivity contribution in [1.29, 1.82) is 0 Å². The largest absolute Gasteiger partial charge is 0.396 e. The van der Waals surface area contributed by atoms with E-state index < -0.39 is 0 Å². The van der Waals surface area contributed by atoms with Gasteiger partial charge < -0.3 is 4.84 Å². The number of rotatable bonds is 2. The first-order chi connectivity index (χ1) is 4.83. The minimum atomic E-state index is 0.612.